The van der Waals surface area contributed by atoms with Gasteiger partial charge in [-0.25, -0.2) is 4.79 Å². The van der Waals surface area contributed by atoms with E-state index < -0.39 is 18.2 Å². The Balaban J connectivity index is 1.25. The molecule has 0 spiro atoms. The zero-order valence-electron chi connectivity index (χ0n) is 19.2. The van der Waals surface area contributed by atoms with Gasteiger partial charge in [0.15, 0.2) is 0 Å². The predicted molar refractivity (Wildman–Crippen MR) is 125 cm³/mol. The summed E-state index contributed by atoms with van der Waals surface area (Å²) in [5.74, 6) is -1.15. The molecule has 8 heteroatoms. The average Bonchev–Trinajstić information content (AvgIpc) is 3.44. The molecule has 1 saturated heterocycles. The Labute approximate surface area is 198 Å². The minimum atomic E-state index is -0.941. The average molecular weight is 467 g/mol. The van der Waals surface area contributed by atoms with E-state index in [0.717, 1.165) is 11.1 Å². The van der Waals surface area contributed by atoms with Crippen molar-refractivity contribution in [3.63, 3.8) is 0 Å². The lowest BCUT2D eigenvalue weighted by molar-refractivity contribution is -0.144. The third kappa shape index (κ3) is 5.22. The molecule has 1 fully saturated rings. The first kappa shape index (κ1) is 23.8. The number of benzene rings is 2. The highest BCUT2D eigenvalue weighted by molar-refractivity contribution is 5.82. The van der Waals surface area contributed by atoms with Crippen molar-refractivity contribution in [1.82, 2.24) is 10.2 Å². The van der Waals surface area contributed by atoms with Gasteiger partial charge >= 0.3 is 12.1 Å². The molecule has 1 aliphatic heterocycles. The summed E-state index contributed by atoms with van der Waals surface area (Å²) in [6, 6.07) is 16.3. The standard InChI is InChI=1S/C26H30N2O6/c1-2-28(14-13-24(29)30)25(31)23-12-11-17(34-23)15-27-26(32)33-16-22-20-9-5-3-7-18(20)19-8-4-6-10-21(19)22/h3-10,17,22-23H,2,11-16H2,1H3,(H,27,32)(H,29,30). The van der Waals surface area contributed by atoms with Crippen LogP contribution < -0.4 is 5.32 Å². The maximum Gasteiger partial charge on any atom is 0.407 e. The van der Waals surface area contributed by atoms with E-state index in [9.17, 15) is 14.4 Å². The SMILES string of the molecule is CCN(CCC(=O)O)C(=O)C1CCC(CNC(=O)OCC2c3ccccc3-c3ccccc32)O1. The molecule has 34 heavy (non-hydrogen) atoms. The number of carboxylic acid groups (broad SMARTS) is 1. The quantitative estimate of drug-likeness (QED) is 0.587. The van der Waals surface area contributed by atoms with Crippen LogP contribution in [0.2, 0.25) is 0 Å². The van der Waals surface area contributed by atoms with Gasteiger partial charge in [-0.3, -0.25) is 9.59 Å². The summed E-state index contributed by atoms with van der Waals surface area (Å²) in [5, 5.41) is 11.6. The molecule has 0 bridgehead atoms. The van der Waals surface area contributed by atoms with Gasteiger partial charge in [0.05, 0.1) is 12.5 Å². The van der Waals surface area contributed by atoms with Crippen LogP contribution in [0.4, 0.5) is 4.79 Å². The summed E-state index contributed by atoms with van der Waals surface area (Å²) in [4.78, 5) is 37.3. The lowest BCUT2D eigenvalue weighted by Crippen LogP contribution is -2.41. The fraction of sp³-hybridized carbons (Fsp3) is 0.423. The van der Waals surface area contributed by atoms with E-state index in [4.69, 9.17) is 14.6 Å². The van der Waals surface area contributed by atoms with E-state index in [1.165, 1.54) is 16.0 Å². The van der Waals surface area contributed by atoms with Gasteiger partial charge in [-0.2, -0.15) is 0 Å². The van der Waals surface area contributed by atoms with E-state index >= 15 is 0 Å². The number of hydrogen-bond acceptors (Lipinski definition) is 5. The molecule has 2 amide bonds. The van der Waals surface area contributed by atoms with Crippen molar-refractivity contribution in [2.45, 2.75) is 44.3 Å². The number of fused-ring (bicyclic) bond motifs is 3. The van der Waals surface area contributed by atoms with E-state index in [2.05, 4.69) is 29.6 Å². The monoisotopic (exact) mass is 466 g/mol. The summed E-state index contributed by atoms with van der Waals surface area (Å²) < 4.78 is 11.4. The lowest BCUT2D eigenvalue weighted by atomic mass is 9.98. The number of amides is 2. The second kappa shape index (κ2) is 10.7. The van der Waals surface area contributed by atoms with Gasteiger partial charge in [0, 0.05) is 25.6 Å². The van der Waals surface area contributed by atoms with Gasteiger partial charge in [0.1, 0.15) is 12.7 Å². The van der Waals surface area contributed by atoms with Gasteiger partial charge < -0.3 is 24.8 Å². The number of hydrogen-bond donors (Lipinski definition) is 2. The van der Waals surface area contributed by atoms with Crippen LogP contribution >= 0.6 is 0 Å². The molecule has 8 nitrogen and oxygen atoms in total. The van der Waals surface area contributed by atoms with Crippen molar-refractivity contribution >= 4 is 18.0 Å². The molecule has 2 unspecified atom stereocenters. The van der Waals surface area contributed by atoms with Crippen LogP contribution in [0.5, 0.6) is 0 Å². The summed E-state index contributed by atoms with van der Waals surface area (Å²) in [7, 11) is 0. The molecule has 2 N–H and O–H groups in total. The van der Waals surface area contributed by atoms with E-state index in [0.29, 0.717) is 19.4 Å². The summed E-state index contributed by atoms with van der Waals surface area (Å²) in [6.45, 7) is 2.88. The summed E-state index contributed by atoms with van der Waals surface area (Å²) in [6.07, 6.45) is -0.331. The second-order valence-corrected chi connectivity index (χ2v) is 8.59. The number of nitrogens with one attached hydrogen (secondary N) is 1. The third-order valence-electron chi connectivity index (χ3n) is 6.49. The fourth-order valence-electron chi connectivity index (χ4n) is 4.74. The molecule has 2 atom stereocenters. The Hall–Kier alpha value is -3.39. The van der Waals surface area contributed by atoms with Crippen LogP contribution in [0.15, 0.2) is 48.5 Å². The van der Waals surface area contributed by atoms with E-state index in [1.807, 2.05) is 31.2 Å². The van der Waals surface area contributed by atoms with Crippen LogP contribution in [-0.2, 0) is 19.1 Å². The Morgan fingerprint density at radius 3 is 2.32 bits per heavy atom. The summed E-state index contributed by atoms with van der Waals surface area (Å²) >= 11 is 0. The molecule has 180 valence electrons. The maximum atomic E-state index is 12.6. The molecule has 0 radical (unpaired) electrons. The van der Waals surface area contributed by atoms with Crippen LogP contribution in [-0.4, -0.2) is 66.4 Å². The van der Waals surface area contributed by atoms with Crippen molar-refractivity contribution in [2.75, 3.05) is 26.2 Å². The number of carboxylic acids is 1. The minimum Gasteiger partial charge on any atom is -0.481 e. The highest BCUT2D eigenvalue weighted by Gasteiger charge is 2.34. The van der Waals surface area contributed by atoms with Gasteiger partial charge in [-0.05, 0) is 42.0 Å². The van der Waals surface area contributed by atoms with Crippen molar-refractivity contribution < 1.29 is 29.0 Å². The van der Waals surface area contributed by atoms with Crippen molar-refractivity contribution in [3.05, 3.63) is 59.7 Å². The Kier molecular flexibility index (Phi) is 7.47. The number of nitrogens with zero attached hydrogens (tertiary/aromatic N) is 1. The normalized spacial score (nSPS) is 18.7. The minimum absolute atomic E-state index is 0.00582. The van der Waals surface area contributed by atoms with Crippen molar-refractivity contribution in [3.8, 4) is 11.1 Å². The van der Waals surface area contributed by atoms with E-state index in [-0.39, 0.29) is 44.0 Å². The second-order valence-electron chi connectivity index (χ2n) is 8.59. The fourth-order valence-corrected chi connectivity index (χ4v) is 4.74. The maximum absolute atomic E-state index is 12.6. The molecule has 4 rings (SSSR count). The predicted octanol–water partition coefficient (Wildman–Crippen LogP) is 3.40. The molecular formula is C26H30N2O6. The molecule has 0 saturated carbocycles. The topological polar surface area (TPSA) is 105 Å². The molecule has 0 aromatic heterocycles. The first-order valence-corrected chi connectivity index (χ1v) is 11.7. The zero-order valence-corrected chi connectivity index (χ0v) is 19.2. The molecule has 2 aromatic rings. The largest absolute Gasteiger partial charge is 0.481 e. The number of alkyl carbamates (subject to hydrolysis) is 1. The van der Waals surface area contributed by atoms with Gasteiger partial charge in [-0.1, -0.05) is 48.5 Å². The number of carbonyl (C=O) groups is 3. The van der Waals surface area contributed by atoms with Crippen molar-refractivity contribution in [2.24, 2.45) is 0 Å². The lowest BCUT2D eigenvalue weighted by Gasteiger charge is -2.23. The van der Waals surface area contributed by atoms with Crippen LogP contribution in [0.3, 0.4) is 0 Å². The Morgan fingerprint density at radius 2 is 1.71 bits per heavy atom. The Bertz CT molecular complexity index is 1010. The van der Waals surface area contributed by atoms with E-state index in [1.54, 1.807) is 0 Å². The van der Waals surface area contributed by atoms with Gasteiger partial charge in [-0.15, -0.1) is 0 Å². The first-order valence-electron chi connectivity index (χ1n) is 11.7. The molecule has 2 aliphatic rings. The summed E-state index contributed by atoms with van der Waals surface area (Å²) in [5.41, 5.74) is 4.65. The first-order chi connectivity index (χ1) is 16.5. The number of carbonyl (C=O) groups excluding carboxylic acids is 2. The zero-order chi connectivity index (χ0) is 24.1. The molecule has 1 heterocycles. The number of ether oxygens (including phenoxy) is 2. The third-order valence-corrected chi connectivity index (χ3v) is 6.49. The number of rotatable bonds is 9. The Morgan fingerprint density at radius 1 is 1.06 bits per heavy atom. The highest BCUT2D eigenvalue weighted by atomic mass is 16.5. The smallest absolute Gasteiger partial charge is 0.407 e. The van der Waals surface area contributed by atoms with Crippen molar-refractivity contribution in [1.29, 1.82) is 0 Å². The molecule has 2 aromatic carbocycles. The number of likely N-dealkylation sites (N-methyl/N-ethyl adjacent to an activating group) is 1. The van der Waals surface area contributed by atoms with Gasteiger partial charge in [0.25, 0.3) is 5.91 Å². The van der Waals surface area contributed by atoms with Crippen LogP contribution in [0.1, 0.15) is 43.2 Å². The van der Waals surface area contributed by atoms with Gasteiger partial charge in [0.2, 0.25) is 0 Å². The van der Waals surface area contributed by atoms with Crippen LogP contribution in [0.25, 0.3) is 11.1 Å². The molecule has 1 aliphatic carbocycles. The highest BCUT2D eigenvalue weighted by Crippen LogP contribution is 2.44. The number of aliphatic carboxylic acids is 1. The molecular weight excluding hydrogens is 436 g/mol. The van der Waals surface area contributed by atoms with Crippen LogP contribution in [0, 0.1) is 0 Å².